The van der Waals surface area contributed by atoms with E-state index in [4.69, 9.17) is 16.3 Å². The second-order valence-electron chi connectivity index (χ2n) is 4.02. The number of hydrogen-bond acceptors (Lipinski definition) is 4. The number of anilines is 1. The summed E-state index contributed by atoms with van der Waals surface area (Å²) in [6, 6.07) is 6.66. The molecule has 6 nitrogen and oxygen atoms in total. The third-order valence-corrected chi connectivity index (χ3v) is 4.36. The molecular weight excluding hydrogens is 302 g/mol. The number of nitrogens with zero attached hydrogens (tertiary/aromatic N) is 2. The molecule has 0 saturated carbocycles. The molecule has 1 aromatic carbocycles. The molecule has 1 heterocycles. The third kappa shape index (κ3) is 3.05. The zero-order valence-electron chi connectivity index (χ0n) is 11.0. The van der Waals surface area contributed by atoms with Crippen molar-refractivity contribution in [1.29, 1.82) is 0 Å². The lowest BCUT2D eigenvalue weighted by molar-refractivity contribution is 0.340. The fourth-order valence-electron chi connectivity index (χ4n) is 1.59. The summed E-state index contributed by atoms with van der Waals surface area (Å²) in [5, 5.41) is -0.151. The fourth-order valence-corrected chi connectivity index (χ4v) is 3.08. The van der Waals surface area contributed by atoms with Gasteiger partial charge in [-0.2, -0.15) is 8.42 Å². The average molecular weight is 316 g/mol. The maximum Gasteiger partial charge on any atom is 0.282 e. The van der Waals surface area contributed by atoms with Crippen LogP contribution in [-0.2, 0) is 17.1 Å². The molecular formula is C12H14ClN3O3S. The van der Waals surface area contributed by atoms with Crippen LogP contribution in [0.3, 0.4) is 0 Å². The van der Waals surface area contributed by atoms with Gasteiger partial charge in [0.15, 0.2) is 0 Å². The van der Waals surface area contributed by atoms with Crippen molar-refractivity contribution in [3.8, 4) is 5.75 Å². The van der Waals surface area contributed by atoms with Crippen LogP contribution in [0, 0.1) is 0 Å². The second kappa shape index (κ2) is 5.72. The Morgan fingerprint density at radius 2 is 2.20 bits per heavy atom. The Balaban J connectivity index is 2.29. The molecule has 0 aliphatic rings. The zero-order valence-corrected chi connectivity index (χ0v) is 12.6. The van der Waals surface area contributed by atoms with Crippen molar-refractivity contribution in [2.45, 2.75) is 11.9 Å². The minimum Gasteiger partial charge on any atom is -0.494 e. The molecule has 0 spiro atoms. The first-order valence-electron chi connectivity index (χ1n) is 5.86. The highest BCUT2D eigenvalue weighted by molar-refractivity contribution is 7.92. The third-order valence-electron chi connectivity index (χ3n) is 2.49. The van der Waals surface area contributed by atoms with Gasteiger partial charge in [-0.15, -0.1) is 0 Å². The summed E-state index contributed by atoms with van der Waals surface area (Å²) in [5.41, 5.74) is 0.387. The van der Waals surface area contributed by atoms with Crippen LogP contribution < -0.4 is 9.46 Å². The lowest BCUT2D eigenvalue weighted by atomic mass is 10.3. The number of benzene rings is 1. The van der Waals surface area contributed by atoms with Gasteiger partial charge < -0.3 is 9.30 Å². The van der Waals surface area contributed by atoms with Gasteiger partial charge in [-0.25, -0.2) is 4.98 Å². The molecule has 2 aromatic rings. The second-order valence-corrected chi connectivity index (χ2v) is 5.97. The van der Waals surface area contributed by atoms with E-state index in [1.807, 2.05) is 6.92 Å². The molecule has 0 fully saturated rings. The first-order chi connectivity index (χ1) is 9.44. The number of hydrogen-bond donors (Lipinski definition) is 1. The SMILES string of the molecule is CCOc1cccc(NS(=O)(=O)c2ncn(C)c2Cl)c1. The van der Waals surface area contributed by atoms with E-state index in [2.05, 4.69) is 9.71 Å². The van der Waals surface area contributed by atoms with Crippen molar-refractivity contribution in [2.75, 3.05) is 11.3 Å². The Morgan fingerprint density at radius 1 is 1.45 bits per heavy atom. The van der Waals surface area contributed by atoms with Crippen molar-refractivity contribution < 1.29 is 13.2 Å². The van der Waals surface area contributed by atoms with Crippen molar-refractivity contribution in [1.82, 2.24) is 9.55 Å². The fraction of sp³-hybridized carbons (Fsp3) is 0.250. The standard InChI is InChI=1S/C12H14ClN3O3S/c1-3-19-10-6-4-5-9(7-10)15-20(17,18)12-11(13)16(2)8-14-12/h4-8,15H,3H2,1-2H3. The molecule has 1 aromatic heterocycles. The topological polar surface area (TPSA) is 73.2 Å². The van der Waals surface area contributed by atoms with Crippen LogP contribution in [0.1, 0.15) is 6.92 Å². The highest BCUT2D eigenvalue weighted by atomic mass is 35.5. The number of imidazole rings is 1. The molecule has 0 radical (unpaired) electrons. The van der Waals surface area contributed by atoms with E-state index in [0.717, 1.165) is 0 Å². The summed E-state index contributed by atoms with van der Waals surface area (Å²) >= 11 is 5.90. The van der Waals surface area contributed by atoms with Gasteiger partial charge in [-0.3, -0.25) is 4.72 Å². The molecule has 20 heavy (non-hydrogen) atoms. The van der Waals surface area contributed by atoms with E-state index in [1.165, 1.54) is 10.9 Å². The number of aromatic nitrogens is 2. The van der Waals surface area contributed by atoms with Crippen LogP contribution in [0.15, 0.2) is 35.6 Å². The van der Waals surface area contributed by atoms with E-state index < -0.39 is 10.0 Å². The molecule has 108 valence electrons. The quantitative estimate of drug-likeness (QED) is 0.918. The van der Waals surface area contributed by atoms with Crippen LogP contribution in [-0.4, -0.2) is 24.6 Å². The summed E-state index contributed by atoms with van der Waals surface area (Å²) in [6.45, 7) is 2.35. The van der Waals surface area contributed by atoms with Gasteiger partial charge in [-0.1, -0.05) is 17.7 Å². The Morgan fingerprint density at radius 3 is 2.80 bits per heavy atom. The highest BCUT2D eigenvalue weighted by Gasteiger charge is 2.22. The molecule has 0 saturated heterocycles. The first-order valence-corrected chi connectivity index (χ1v) is 7.72. The number of sulfonamides is 1. The summed E-state index contributed by atoms with van der Waals surface area (Å²) in [4.78, 5) is 3.79. The van der Waals surface area contributed by atoms with Gasteiger partial charge in [0.2, 0.25) is 5.03 Å². The first kappa shape index (κ1) is 14.7. The van der Waals surface area contributed by atoms with E-state index in [9.17, 15) is 8.42 Å². The molecule has 1 N–H and O–H groups in total. The van der Waals surface area contributed by atoms with Gasteiger partial charge in [0.1, 0.15) is 10.9 Å². The van der Waals surface area contributed by atoms with Crippen LogP contribution in [0.2, 0.25) is 5.15 Å². The van der Waals surface area contributed by atoms with Crippen molar-refractivity contribution in [3.05, 3.63) is 35.7 Å². The minimum absolute atomic E-state index is 0.0541. The molecule has 0 unspecified atom stereocenters. The summed E-state index contributed by atoms with van der Waals surface area (Å²) in [5.74, 6) is 0.583. The normalized spacial score (nSPS) is 11.3. The van der Waals surface area contributed by atoms with E-state index in [0.29, 0.717) is 18.0 Å². The average Bonchev–Trinajstić information content (AvgIpc) is 2.71. The van der Waals surface area contributed by atoms with Gasteiger partial charge in [0, 0.05) is 13.1 Å². The summed E-state index contributed by atoms with van der Waals surface area (Å²) in [7, 11) is -2.21. The van der Waals surface area contributed by atoms with Crippen LogP contribution >= 0.6 is 11.6 Å². The van der Waals surface area contributed by atoms with Gasteiger partial charge in [-0.05, 0) is 19.1 Å². The molecule has 0 amide bonds. The molecule has 0 atom stereocenters. The number of halogens is 1. The molecule has 0 aliphatic heterocycles. The Labute approximate surface area is 122 Å². The largest absolute Gasteiger partial charge is 0.494 e. The van der Waals surface area contributed by atoms with Crippen molar-refractivity contribution in [2.24, 2.45) is 7.05 Å². The van der Waals surface area contributed by atoms with Gasteiger partial charge in [0.25, 0.3) is 10.0 Å². The lowest BCUT2D eigenvalue weighted by Crippen LogP contribution is -2.14. The maximum atomic E-state index is 12.2. The van der Waals surface area contributed by atoms with E-state index in [-0.39, 0.29) is 10.2 Å². The minimum atomic E-state index is -3.82. The molecule has 0 bridgehead atoms. The van der Waals surface area contributed by atoms with Gasteiger partial charge in [0.05, 0.1) is 18.6 Å². The molecule has 0 aliphatic carbocycles. The van der Waals surface area contributed by atoms with E-state index >= 15 is 0 Å². The Bertz CT molecular complexity index is 712. The number of ether oxygens (including phenoxy) is 1. The zero-order chi connectivity index (χ0) is 14.8. The van der Waals surface area contributed by atoms with Crippen LogP contribution in [0.5, 0.6) is 5.75 Å². The predicted octanol–water partition coefficient (Wildman–Crippen LogP) is 2.27. The van der Waals surface area contributed by atoms with Crippen molar-refractivity contribution >= 4 is 27.3 Å². The van der Waals surface area contributed by atoms with Gasteiger partial charge >= 0.3 is 0 Å². The Kier molecular flexibility index (Phi) is 4.20. The number of rotatable bonds is 5. The lowest BCUT2D eigenvalue weighted by Gasteiger charge is -2.08. The predicted molar refractivity (Wildman–Crippen MR) is 76.6 cm³/mol. The van der Waals surface area contributed by atoms with Crippen molar-refractivity contribution in [3.63, 3.8) is 0 Å². The number of aryl methyl sites for hydroxylation is 1. The highest BCUT2D eigenvalue weighted by Crippen LogP contribution is 2.23. The molecule has 8 heteroatoms. The van der Waals surface area contributed by atoms with E-state index in [1.54, 1.807) is 31.3 Å². The summed E-state index contributed by atoms with van der Waals surface area (Å²) < 4.78 is 33.5. The smallest absolute Gasteiger partial charge is 0.282 e. The monoisotopic (exact) mass is 315 g/mol. The summed E-state index contributed by atoms with van der Waals surface area (Å²) in [6.07, 6.45) is 1.34. The number of nitrogens with one attached hydrogen (secondary N) is 1. The molecule has 2 rings (SSSR count). The van der Waals surface area contributed by atoms with Crippen LogP contribution in [0.25, 0.3) is 0 Å². The Hall–Kier alpha value is -1.73. The van der Waals surface area contributed by atoms with Crippen LogP contribution in [0.4, 0.5) is 5.69 Å². The maximum absolute atomic E-state index is 12.2.